The fraction of sp³-hybridized carbons (Fsp3) is 0.375. The minimum absolute atomic E-state index is 0. The lowest BCUT2D eigenvalue weighted by atomic mass is 10.2. The summed E-state index contributed by atoms with van der Waals surface area (Å²) in [4.78, 5) is 10.9. The number of anilines is 1. The number of hydrogen-bond donors (Lipinski definition) is 1. The highest BCUT2D eigenvalue weighted by Crippen LogP contribution is 2.27. The number of aliphatic imine (C=N–C) groups is 1. The van der Waals surface area contributed by atoms with E-state index in [2.05, 4.69) is 49.0 Å². The first-order valence-corrected chi connectivity index (χ1v) is 7.33. The number of benzene rings is 1. The molecule has 0 amide bonds. The SMILES string of the molecule is CN=C(NCCn1ccnc1C)N1CCc2ccccc21.I. The number of guanidine groups is 1. The van der Waals surface area contributed by atoms with Crippen LogP contribution in [0, 0.1) is 6.92 Å². The van der Waals surface area contributed by atoms with Gasteiger partial charge in [0.05, 0.1) is 0 Å². The van der Waals surface area contributed by atoms with Crippen molar-refractivity contribution in [1.82, 2.24) is 14.9 Å². The van der Waals surface area contributed by atoms with E-state index in [0.717, 1.165) is 37.8 Å². The molecule has 0 spiro atoms. The van der Waals surface area contributed by atoms with Gasteiger partial charge in [-0.2, -0.15) is 0 Å². The van der Waals surface area contributed by atoms with Gasteiger partial charge >= 0.3 is 0 Å². The molecule has 118 valence electrons. The number of nitrogens with zero attached hydrogens (tertiary/aromatic N) is 4. The van der Waals surface area contributed by atoms with Crippen LogP contribution < -0.4 is 10.2 Å². The van der Waals surface area contributed by atoms with E-state index in [-0.39, 0.29) is 24.0 Å². The molecule has 2 aromatic rings. The smallest absolute Gasteiger partial charge is 0.198 e. The molecule has 6 heteroatoms. The van der Waals surface area contributed by atoms with Crippen LogP contribution >= 0.6 is 24.0 Å². The Morgan fingerprint density at radius 2 is 2.18 bits per heavy atom. The van der Waals surface area contributed by atoms with E-state index in [1.165, 1.54) is 11.3 Å². The van der Waals surface area contributed by atoms with Gasteiger partial charge in [0.1, 0.15) is 5.82 Å². The van der Waals surface area contributed by atoms with Crippen molar-refractivity contribution in [3.8, 4) is 0 Å². The van der Waals surface area contributed by atoms with Crippen molar-refractivity contribution in [2.45, 2.75) is 19.9 Å². The van der Waals surface area contributed by atoms with Crippen molar-refractivity contribution in [3.05, 3.63) is 48.0 Å². The van der Waals surface area contributed by atoms with Crippen LogP contribution in [0.1, 0.15) is 11.4 Å². The van der Waals surface area contributed by atoms with Gasteiger partial charge in [0.15, 0.2) is 5.96 Å². The van der Waals surface area contributed by atoms with Crippen molar-refractivity contribution < 1.29 is 0 Å². The van der Waals surface area contributed by atoms with Gasteiger partial charge in [0, 0.05) is 44.8 Å². The van der Waals surface area contributed by atoms with Crippen LogP contribution in [0.2, 0.25) is 0 Å². The van der Waals surface area contributed by atoms with Gasteiger partial charge in [0.25, 0.3) is 0 Å². The van der Waals surface area contributed by atoms with E-state index in [1.807, 2.05) is 26.4 Å². The first-order chi connectivity index (χ1) is 10.3. The number of aryl methyl sites for hydroxylation is 1. The predicted octanol–water partition coefficient (Wildman–Crippen LogP) is 2.45. The zero-order valence-corrected chi connectivity index (χ0v) is 15.3. The molecule has 0 unspecified atom stereocenters. The summed E-state index contributed by atoms with van der Waals surface area (Å²) in [6.45, 7) is 4.73. The monoisotopic (exact) mass is 411 g/mol. The maximum atomic E-state index is 4.42. The molecule has 2 heterocycles. The number of hydrogen-bond acceptors (Lipinski definition) is 2. The average Bonchev–Trinajstić information content (AvgIpc) is 3.11. The van der Waals surface area contributed by atoms with Crippen molar-refractivity contribution in [3.63, 3.8) is 0 Å². The third-order valence-corrected chi connectivity index (χ3v) is 3.91. The zero-order valence-electron chi connectivity index (χ0n) is 13.0. The summed E-state index contributed by atoms with van der Waals surface area (Å²) >= 11 is 0. The molecule has 0 saturated heterocycles. The zero-order chi connectivity index (χ0) is 14.7. The molecule has 0 aliphatic carbocycles. The largest absolute Gasteiger partial charge is 0.354 e. The Labute approximate surface area is 148 Å². The second-order valence-electron chi connectivity index (χ2n) is 5.17. The van der Waals surface area contributed by atoms with Crippen molar-refractivity contribution in [2.75, 3.05) is 25.0 Å². The Kier molecular flexibility index (Phi) is 5.82. The molecule has 1 aliphatic rings. The summed E-state index contributed by atoms with van der Waals surface area (Å²) in [5.41, 5.74) is 2.66. The van der Waals surface area contributed by atoms with Crippen LogP contribution in [0.3, 0.4) is 0 Å². The molecule has 0 saturated carbocycles. The molecule has 0 atom stereocenters. The number of imidazole rings is 1. The molecule has 1 aromatic heterocycles. The van der Waals surface area contributed by atoms with E-state index >= 15 is 0 Å². The summed E-state index contributed by atoms with van der Waals surface area (Å²) in [6.07, 6.45) is 4.92. The van der Waals surface area contributed by atoms with Crippen LogP contribution in [-0.4, -0.2) is 35.6 Å². The topological polar surface area (TPSA) is 45.5 Å². The van der Waals surface area contributed by atoms with Gasteiger partial charge in [-0.25, -0.2) is 4.98 Å². The second kappa shape index (κ2) is 7.62. The van der Waals surface area contributed by atoms with Gasteiger partial charge in [-0.1, -0.05) is 18.2 Å². The maximum Gasteiger partial charge on any atom is 0.198 e. The fourth-order valence-electron chi connectivity index (χ4n) is 2.78. The molecule has 3 rings (SSSR count). The maximum absolute atomic E-state index is 4.42. The molecule has 22 heavy (non-hydrogen) atoms. The summed E-state index contributed by atoms with van der Waals surface area (Å²) in [5.74, 6) is 1.98. The average molecular weight is 411 g/mol. The minimum atomic E-state index is 0. The quantitative estimate of drug-likeness (QED) is 0.480. The number of halogens is 1. The van der Waals surface area contributed by atoms with E-state index in [9.17, 15) is 0 Å². The van der Waals surface area contributed by atoms with E-state index in [0.29, 0.717) is 0 Å². The fourth-order valence-corrected chi connectivity index (χ4v) is 2.78. The summed E-state index contributed by atoms with van der Waals surface area (Å²) in [5, 5.41) is 3.45. The summed E-state index contributed by atoms with van der Waals surface area (Å²) in [6, 6.07) is 8.53. The van der Waals surface area contributed by atoms with Crippen LogP contribution in [0.5, 0.6) is 0 Å². The Balaban J connectivity index is 0.00000176. The standard InChI is InChI=1S/C16H21N5.HI/c1-13-18-8-11-20(13)12-9-19-16(17-2)21-10-7-14-5-3-4-6-15(14)21;/h3-6,8,11H,7,9-10,12H2,1-2H3,(H,17,19);1H. The molecular formula is C16H22IN5. The van der Waals surface area contributed by atoms with Crippen molar-refractivity contribution in [2.24, 2.45) is 4.99 Å². The van der Waals surface area contributed by atoms with E-state index in [4.69, 9.17) is 0 Å². The Morgan fingerprint density at radius 3 is 2.91 bits per heavy atom. The second-order valence-corrected chi connectivity index (χ2v) is 5.17. The normalized spacial score (nSPS) is 13.7. The number of para-hydroxylation sites is 1. The summed E-state index contributed by atoms with van der Waals surface area (Å²) in [7, 11) is 1.84. The Hall–Kier alpha value is -1.57. The van der Waals surface area contributed by atoms with Crippen molar-refractivity contribution in [1.29, 1.82) is 0 Å². The molecule has 1 aromatic carbocycles. The number of rotatable bonds is 3. The Morgan fingerprint density at radius 1 is 1.36 bits per heavy atom. The molecule has 1 aliphatic heterocycles. The lowest BCUT2D eigenvalue weighted by molar-refractivity contribution is 0.650. The predicted molar refractivity (Wildman–Crippen MR) is 101 cm³/mol. The van der Waals surface area contributed by atoms with Gasteiger partial charge in [-0.05, 0) is 25.0 Å². The number of aromatic nitrogens is 2. The van der Waals surface area contributed by atoms with Crippen LogP contribution in [-0.2, 0) is 13.0 Å². The molecular weight excluding hydrogens is 389 g/mol. The van der Waals surface area contributed by atoms with Gasteiger partial charge in [-0.15, -0.1) is 24.0 Å². The van der Waals surface area contributed by atoms with Gasteiger partial charge < -0.3 is 14.8 Å². The number of nitrogens with one attached hydrogen (secondary N) is 1. The lowest BCUT2D eigenvalue weighted by Gasteiger charge is -2.22. The first kappa shape index (κ1) is 16.8. The van der Waals surface area contributed by atoms with Crippen molar-refractivity contribution >= 4 is 35.6 Å². The van der Waals surface area contributed by atoms with E-state index in [1.54, 1.807) is 0 Å². The number of fused-ring (bicyclic) bond motifs is 1. The van der Waals surface area contributed by atoms with E-state index < -0.39 is 0 Å². The lowest BCUT2D eigenvalue weighted by Crippen LogP contribution is -2.41. The summed E-state index contributed by atoms with van der Waals surface area (Å²) < 4.78 is 2.14. The molecule has 5 nitrogen and oxygen atoms in total. The minimum Gasteiger partial charge on any atom is -0.354 e. The van der Waals surface area contributed by atoms with Gasteiger partial charge in [-0.3, -0.25) is 4.99 Å². The molecule has 1 N–H and O–H groups in total. The third kappa shape index (κ3) is 3.43. The third-order valence-electron chi connectivity index (χ3n) is 3.91. The highest BCUT2D eigenvalue weighted by Gasteiger charge is 2.21. The van der Waals surface area contributed by atoms with Gasteiger partial charge in [0.2, 0.25) is 0 Å². The van der Waals surface area contributed by atoms with Crippen LogP contribution in [0.15, 0.2) is 41.7 Å². The highest BCUT2D eigenvalue weighted by molar-refractivity contribution is 14.0. The van der Waals surface area contributed by atoms with Crippen LogP contribution in [0.4, 0.5) is 5.69 Å². The first-order valence-electron chi connectivity index (χ1n) is 7.33. The molecule has 0 bridgehead atoms. The molecule has 0 radical (unpaired) electrons. The Bertz CT molecular complexity index is 649. The van der Waals surface area contributed by atoms with Crippen LogP contribution in [0.25, 0.3) is 0 Å². The highest BCUT2D eigenvalue weighted by atomic mass is 127. The molecule has 0 fully saturated rings.